The van der Waals surface area contributed by atoms with Crippen LogP contribution in [0.2, 0.25) is 0 Å². The van der Waals surface area contributed by atoms with E-state index < -0.39 is 23.5 Å². The number of carbonyl (C=O) groups excluding carboxylic acids is 1. The summed E-state index contributed by atoms with van der Waals surface area (Å²) in [5, 5.41) is 10.6. The van der Waals surface area contributed by atoms with Gasteiger partial charge in [0.2, 0.25) is 0 Å². The molecular weight excluding hydrogens is 524 g/mol. The number of nitrogens with zero attached hydrogens (tertiary/aromatic N) is 4. The van der Waals surface area contributed by atoms with Gasteiger partial charge in [0.25, 0.3) is 5.91 Å². The molecule has 11 heteroatoms. The molecule has 0 unspecified atom stereocenters. The number of nitrogens with one attached hydrogen (secondary N) is 2. The molecule has 1 amide bonds. The van der Waals surface area contributed by atoms with E-state index in [4.69, 9.17) is 5.10 Å². The normalized spacial score (nSPS) is 11.9. The molecule has 2 aromatic heterocycles. The van der Waals surface area contributed by atoms with E-state index in [9.17, 15) is 22.4 Å². The molecule has 0 bridgehead atoms. The van der Waals surface area contributed by atoms with Gasteiger partial charge in [0.15, 0.2) is 5.82 Å². The molecule has 2 aromatic carbocycles. The molecule has 2 heterocycles. The molecule has 0 saturated heterocycles. The van der Waals surface area contributed by atoms with Crippen LogP contribution in [0, 0.1) is 19.7 Å². The number of amides is 1. The summed E-state index contributed by atoms with van der Waals surface area (Å²) in [5.41, 5.74) is 1.45. The predicted octanol–water partition coefficient (Wildman–Crippen LogP) is 6.98. The zero-order chi connectivity index (χ0) is 29.2. The molecule has 0 saturated carbocycles. The minimum atomic E-state index is -4.57. The van der Waals surface area contributed by atoms with Crippen LogP contribution in [0.25, 0.3) is 0 Å². The largest absolute Gasteiger partial charge is 0.416 e. The molecule has 0 radical (unpaired) electrons. The number of anilines is 3. The highest BCUT2D eigenvalue weighted by Crippen LogP contribution is 2.30. The Labute approximate surface area is 229 Å². The van der Waals surface area contributed by atoms with Crippen molar-refractivity contribution in [1.82, 2.24) is 19.7 Å². The van der Waals surface area contributed by atoms with Gasteiger partial charge < -0.3 is 10.6 Å². The Morgan fingerprint density at radius 2 is 1.75 bits per heavy atom. The van der Waals surface area contributed by atoms with E-state index in [1.54, 1.807) is 6.20 Å². The Balaban J connectivity index is 1.51. The molecular formula is C29H30F4N6O. The van der Waals surface area contributed by atoms with Crippen LogP contribution in [0.15, 0.2) is 54.7 Å². The van der Waals surface area contributed by atoms with Crippen molar-refractivity contribution in [3.05, 3.63) is 94.3 Å². The van der Waals surface area contributed by atoms with Gasteiger partial charge in [-0.3, -0.25) is 9.78 Å². The van der Waals surface area contributed by atoms with Crippen molar-refractivity contribution in [3.8, 4) is 0 Å². The molecule has 0 aliphatic carbocycles. The average Bonchev–Trinajstić information content (AvgIpc) is 3.29. The minimum absolute atomic E-state index is 0.151. The van der Waals surface area contributed by atoms with Gasteiger partial charge in [0, 0.05) is 17.3 Å². The Morgan fingerprint density at radius 1 is 1.00 bits per heavy atom. The zero-order valence-corrected chi connectivity index (χ0v) is 22.8. The highest BCUT2D eigenvalue weighted by molar-refractivity contribution is 6.04. The Kier molecular flexibility index (Phi) is 7.95. The van der Waals surface area contributed by atoms with Gasteiger partial charge in [-0.15, -0.1) is 0 Å². The van der Waals surface area contributed by atoms with Crippen LogP contribution >= 0.6 is 0 Å². The maximum absolute atomic E-state index is 14.7. The number of hydrogen-bond acceptors (Lipinski definition) is 5. The van der Waals surface area contributed by atoms with E-state index in [1.165, 1.54) is 30.3 Å². The predicted molar refractivity (Wildman–Crippen MR) is 145 cm³/mol. The van der Waals surface area contributed by atoms with Gasteiger partial charge in [0.05, 0.1) is 34.4 Å². The smallest absolute Gasteiger partial charge is 0.324 e. The summed E-state index contributed by atoms with van der Waals surface area (Å²) in [6.07, 6.45) is -2.21. The number of halogens is 4. The number of alkyl halides is 3. The van der Waals surface area contributed by atoms with Crippen molar-refractivity contribution in [2.45, 2.75) is 59.2 Å². The number of aromatic nitrogens is 4. The highest BCUT2D eigenvalue weighted by atomic mass is 19.4. The fraction of sp³-hybridized carbons (Fsp3) is 0.310. The maximum Gasteiger partial charge on any atom is 0.416 e. The minimum Gasteiger partial charge on any atom is -0.324 e. The lowest BCUT2D eigenvalue weighted by Gasteiger charge is -2.22. The van der Waals surface area contributed by atoms with Gasteiger partial charge in [-0.2, -0.15) is 18.3 Å². The summed E-state index contributed by atoms with van der Waals surface area (Å²) in [6.45, 7) is 9.77. The lowest BCUT2D eigenvalue weighted by Crippen LogP contribution is -2.25. The summed E-state index contributed by atoms with van der Waals surface area (Å²) in [6, 6.07) is 10.1. The molecule has 4 aromatic rings. The van der Waals surface area contributed by atoms with Crippen molar-refractivity contribution < 1.29 is 22.4 Å². The maximum atomic E-state index is 14.7. The molecule has 210 valence electrons. The summed E-state index contributed by atoms with van der Waals surface area (Å²) in [7, 11) is 0. The fourth-order valence-corrected chi connectivity index (χ4v) is 4.14. The molecule has 0 spiro atoms. The first-order valence-corrected chi connectivity index (χ1v) is 12.6. The summed E-state index contributed by atoms with van der Waals surface area (Å²) in [5.74, 6) is 0.137. The van der Waals surface area contributed by atoms with Crippen LogP contribution in [0.5, 0.6) is 0 Å². The van der Waals surface area contributed by atoms with Crippen LogP contribution < -0.4 is 10.6 Å². The van der Waals surface area contributed by atoms with Crippen molar-refractivity contribution in [1.29, 1.82) is 0 Å². The SMILES string of the molecule is Cc1cnc(Nc2cc(CCc3cc(NC(=O)c4cccc(C(F)(F)F)c4)ccc3F)nn2C(C)(C)C)c(C)n1. The first kappa shape index (κ1) is 28.7. The van der Waals surface area contributed by atoms with E-state index in [1.807, 2.05) is 45.4 Å². The van der Waals surface area contributed by atoms with Gasteiger partial charge in [0.1, 0.15) is 11.6 Å². The first-order valence-electron chi connectivity index (χ1n) is 12.6. The number of rotatable bonds is 7. The lowest BCUT2D eigenvalue weighted by atomic mass is 10.1. The molecule has 0 aliphatic heterocycles. The van der Waals surface area contributed by atoms with E-state index in [-0.39, 0.29) is 23.2 Å². The third-order valence-corrected chi connectivity index (χ3v) is 6.12. The summed E-state index contributed by atoms with van der Waals surface area (Å²) >= 11 is 0. The third kappa shape index (κ3) is 6.83. The van der Waals surface area contributed by atoms with Gasteiger partial charge in [-0.05, 0) is 89.4 Å². The Hall–Kier alpha value is -4.28. The van der Waals surface area contributed by atoms with Crippen molar-refractivity contribution >= 4 is 23.2 Å². The summed E-state index contributed by atoms with van der Waals surface area (Å²) < 4.78 is 55.6. The second-order valence-corrected chi connectivity index (χ2v) is 10.5. The number of carbonyl (C=O) groups is 1. The quantitative estimate of drug-likeness (QED) is 0.241. The molecule has 0 aliphatic rings. The molecule has 7 nitrogen and oxygen atoms in total. The van der Waals surface area contributed by atoms with E-state index in [2.05, 4.69) is 20.6 Å². The molecule has 4 rings (SSSR count). The van der Waals surface area contributed by atoms with E-state index >= 15 is 0 Å². The van der Waals surface area contributed by atoms with Gasteiger partial charge >= 0.3 is 6.18 Å². The third-order valence-electron chi connectivity index (χ3n) is 6.12. The lowest BCUT2D eigenvalue weighted by molar-refractivity contribution is -0.137. The highest BCUT2D eigenvalue weighted by Gasteiger charge is 2.31. The van der Waals surface area contributed by atoms with Crippen molar-refractivity contribution in [2.75, 3.05) is 10.6 Å². The molecule has 2 N–H and O–H groups in total. The Morgan fingerprint density at radius 3 is 2.42 bits per heavy atom. The van der Waals surface area contributed by atoms with E-state index in [0.29, 0.717) is 29.3 Å². The zero-order valence-electron chi connectivity index (χ0n) is 22.8. The first-order chi connectivity index (χ1) is 18.7. The van der Waals surface area contributed by atoms with Crippen LogP contribution in [0.4, 0.5) is 34.9 Å². The monoisotopic (exact) mass is 554 g/mol. The average molecular weight is 555 g/mol. The van der Waals surface area contributed by atoms with Crippen molar-refractivity contribution in [2.24, 2.45) is 0 Å². The van der Waals surface area contributed by atoms with Crippen LogP contribution in [0.3, 0.4) is 0 Å². The standard InChI is InChI=1S/C29H30F4N6O/c1-17-16-34-26(18(2)35-17)37-25-15-23(38-39(25)28(3,4)5)10-9-19-14-22(11-12-24(19)30)36-27(40)20-7-6-8-21(13-20)29(31,32)33/h6-8,11-16H,9-10H2,1-5H3,(H,34,37)(H,36,40). The van der Waals surface area contributed by atoms with Crippen LogP contribution in [0.1, 0.15) is 59.3 Å². The van der Waals surface area contributed by atoms with Gasteiger partial charge in [-0.1, -0.05) is 6.07 Å². The Bertz CT molecular complexity index is 1540. The number of aryl methyl sites for hydroxylation is 4. The fourth-order valence-electron chi connectivity index (χ4n) is 4.14. The second-order valence-electron chi connectivity index (χ2n) is 10.5. The molecule has 0 fully saturated rings. The van der Waals surface area contributed by atoms with E-state index in [0.717, 1.165) is 23.5 Å². The second kappa shape index (κ2) is 11.1. The number of hydrogen-bond donors (Lipinski definition) is 2. The van der Waals surface area contributed by atoms with Crippen LogP contribution in [-0.2, 0) is 24.6 Å². The van der Waals surface area contributed by atoms with Crippen LogP contribution in [-0.4, -0.2) is 25.7 Å². The topological polar surface area (TPSA) is 84.7 Å². The molecule has 40 heavy (non-hydrogen) atoms. The molecule has 0 atom stereocenters. The number of benzene rings is 2. The van der Waals surface area contributed by atoms with Crippen molar-refractivity contribution in [3.63, 3.8) is 0 Å². The van der Waals surface area contributed by atoms with Gasteiger partial charge in [-0.25, -0.2) is 14.1 Å². The summed E-state index contributed by atoms with van der Waals surface area (Å²) in [4.78, 5) is 21.5.